The van der Waals surface area contributed by atoms with Crippen molar-refractivity contribution in [3.63, 3.8) is 0 Å². The SMILES string of the molecule is CCC(=O)O[C@H]1/C(=C/C(=O)OC)CC(CC(C)CC)O[C@@]1(C)C(C)(C)/C=C/C=O. The zero-order valence-corrected chi connectivity index (χ0v) is 18.8. The van der Waals surface area contributed by atoms with Crippen molar-refractivity contribution in [3.8, 4) is 0 Å². The quantitative estimate of drug-likeness (QED) is 0.324. The molecule has 1 aliphatic rings. The highest BCUT2D eigenvalue weighted by Gasteiger charge is 2.54. The van der Waals surface area contributed by atoms with Crippen molar-refractivity contribution >= 4 is 18.2 Å². The molecule has 0 aromatic carbocycles. The molecule has 2 unspecified atom stereocenters. The van der Waals surface area contributed by atoms with Crippen LogP contribution in [0.25, 0.3) is 0 Å². The van der Waals surface area contributed by atoms with Crippen LogP contribution in [0.2, 0.25) is 0 Å². The number of aldehydes is 1. The molecule has 0 N–H and O–H groups in total. The zero-order valence-electron chi connectivity index (χ0n) is 18.8. The number of methoxy groups -OCH3 is 1. The smallest absolute Gasteiger partial charge is 0.330 e. The van der Waals surface area contributed by atoms with Gasteiger partial charge in [-0.3, -0.25) is 9.59 Å². The summed E-state index contributed by atoms with van der Waals surface area (Å²) in [5.74, 6) is -0.437. The minimum Gasteiger partial charge on any atom is -0.466 e. The summed E-state index contributed by atoms with van der Waals surface area (Å²) in [4.78, 5) is 35.2. The molecule has 1 aliphatic heterocycles. The van der Waals surface area contributed by atoms with Gasteiger partial charge in [0.05, 0.1) is 13.2 Å². The average molecular weight is 409 g/mol. The van der Waals surface area contributed by atoms with Gasteiger partial charge in [-0.2, -0.15) is 0 Å². The van der Waals surface area contributed by atoms with E-state index in [9.17, 15) is 14.4 Å². The Labute approximate surface area is 174 Å². The van der Waals surface area contributed by atoms with E-state index in [-0.39, 0.29) is 18.5 Å². The maximum atomic E-state index is 12.2. The molecule has 29 heavy (non-hydrogen) atoms. The summed E-state index contributed by atoms with van der Waals surface area (Å²) in [5, 5.41) is 0. The van der Waals surface area contributed by atoms with Gasteiger partial charge in [-0.1, -0.05) is 47.1 Å². The lowest BCUT2D eigenvalue weighted by atomic mass is 9.67. The van der Waals surface area contributed by atoms with Gasteiger partial charge in [0, 0.05) is 17.9 Å². The molecule has 0 radical (unpaired) electrons. The number of esters is 2. The van der Waals surface area contributed by atoms with Crippen molar-refractivity contribution in [2.75, 3.05) is 7.11 Å². The van der Waals surface area contributed by atoms with Crippen molar-refractivity contribution in [1.82, 2.24) is 0 Å². The topological polar surface area (TPSA) is 78.9 Å². The molecule has 0 bridgehead atoms. The molecule has 6 heteroatoms. The largest absolute Gasteiger partial charge is 0.466 e. The first-order valence-electron chi connectivity index (χ1n) is 10.3. The molecule has 1 saturated heterocycles. The van der Waals surface area contributed by atoms with E-state index >= 15 is 0 Å². The second-order valence-electron chi connectivity index (χ2n) is 8.48. The molecule has 4 atom stereocenters. The summed E-state index contributed by atoms with van der Waals surface area (Å²) in [6.45, 7) is 11.7. The van der Waals surface area contributed by atoms with E-state index in [1.54, 1.807) is 13.0 Å². The first kappa shape index (κ1) is 25.1. The van der Waals surface area contributed by atoms with Gasteiger partial charge in [0.1, 0.15) is 11.9 Å². The summed E-state index contributed by atoms with van der Waals surface area (Å²) in [6, 6.07) is 0. The predicted molar refractivity (Wildman–Crippen MR) is 111 cm³/mol. The normalized spacial score (nSPS) is 27.6. The number of hydrogen-bond donors (Lipinski definition) is 0. The highest BCUT2D eigenvalue weighted by molar-refractivity contribution is 5.83. The molecule has 0 spiro atoms. The maximum Gasteiger partial charge on any atom is 0.330 e. The van der Waals surface area contributed by atoms with E-state index in [1.807, 2.05) is 20.8 Å². The second-order valence-corrected chi connectivity index (χ2v) is 8.48. The van der Waals surface area contributed by atoms with E-state index in [0.29, 0.717) is 24.2 Å². The Kier molecular flexibility index (Phi) is 9.27. The number of carbonyl (C=O) groups excluding carboxylic acids is 3. The summed E-state index contributed by atoms with van der Waals surface area (Å²) in [5.41, 5.74) is -0.961. The van der Waals surface area contributed by atoms with Crippen molar-refractivity contribution in [2.24, 2.45) is 11.3 Å². The molecule has 0 amide bonds. The number of allylic oxidation sites excluding steroid dienone is 1. The van der Waals surface area contributed by atoms with Gasteiger partial charge in [0.25, 0.3) is 0 Å². The Hall–Kier alpha value is -1.95. The Morgan fingerprint density at radius 3 is 2.52 bits per heavy atom. The van der Waals surface area contributed by atoms with Gasteiger partial charge in [-0.25, -0.2) is 4.79 Å². The van der Waals surface area contributed by atoms with E-state index in [2.05, 4.69) is 13.8 Å². The molecular weight excluding hydrogens is 372 g/mol. The minimum atomic E-state index is -0.979. The van der Waals surface area contributed by atoms with Crippen LogP contribution in [-0.4, -0.2) is 43.1 Å². The fourth-order valence-electron chi connectivity index (χ4n) is 3.60. The second kappa shape index (κ2) is 10.7. The highest BCUT2D eigenvalue weighted by Crippen LogP contribution is 2.48. The fourth-order valence-corrected chi connectivity index (χ4v) is 3.60. The lowest BCUT2D eigenvalue weighted by Gasteiger charge is -2.52. The Morgan fingerprint density at radius 2 is 2.00 bits per heavy atom. The molecule has 0 aromatic heterocycles. The minimum absolute atomic E-state index is 0.147. The number of ether oxygens (including phenoxy) is 3. The first-order valence-corrected chi connectivity index (χ1v) is 10.3. The maximum absolute atomic E-state index is 12.2. The Balaban J connectivity index is 3.53. The monoisotopic (exact) mass is 408 g/mol. The van der Waals surface area contributed by atoms with Crippen LogP contribution in [0.1, 0.15) is 67.2 Å². The van der Waals surface area contributed by atoms with Gasteiger partial charge in [-0.05, 0) is 37.3 Å². The molecule has 1 heterocycles. The van der Waals surface area contributed by atoms with E-state index < -0.39 is 23.1 Å². The summed E-state index contributed by atoms with van der Waals surface area (Å²) in [7, 11) is 1.32. The van der Waals surface area contributed by atoms with Crippen molar-refractivity contribution in [2.45, 2.75) is 85.0 Å². The summed E-state index contributed by atoms with van der Waals surface area (Å²) >= 11 is 0. The third-order valence-electron chi connectivity index (χ3n) is 5.99. The van der Waals surface area contributed by atoms with Crippen LogP contribution in [-0.2, 0) is 28.6 Å². The van der Waals surface area contributed by atoms with Gasteiger partial charge in [0.2, 0.25) is 0 Å². The van der Waals surface area contributed by atoms with Crippen LogP contribution in [0.15, 0.2) is 23.8 Å². The van der Waals surface area contributed by atoms with Crippen LogP contribution in [0.4, 0.5) is 0 Å². The standard InChI is InChI=1S/C23H36O6/c1-8-16(3)13-18-14-17(15-20(26)27-7)21(28-19(25)9-2)23(6,29-18)22(4,5)11-10-12-24/h10-12,15-16,18,21H,8-9,13-14H2,1-7H3/b11-10+,17-15+/t16?,18?,21-,23+/m0/s1. The number of hydrogen-bond acceptors (Lipinski definition) is 6. The van der Waals surface area contributed by atoms with Crippen LogP contribution >= 0.6 is 0 Å². The Morgan fingerprint density at radius 1 is 1.34 bits per heavy atom. The van der Waals surface area contributed by atoms with E-state index in [0.717, 1.165) is 12.8 Å². The van der Waals surface area contributed by atoms with E-state index in [4.69, 9.17) is 14.2 Å². The van der Waals surface area contributed by atoms with Crippen LogP contribution in [0, 0.1) is 11.3 Å². The molecule has 0 aromatic rings. The lowest BCUT2D eigenvalue weighted by Crippen LogP contribution is -2.60. The number of carbonyl (C=O) groups is 3. The Bertz CT molecular complexity index is 648. The van der Waals surface area contributed by atoms with Gasteiger partial charge >= 0.3 is 11.9 Å². The summed E-state index contributed by atoms with van der Waals surface area (Å²) < 4.78 is 17.2. The highest BCUT2D eigenvalue weighted by atomic mass is 16.6. The van der Waals surface area contributed by atoms with Crippen molar-refractivity contribution < 1.29 is 28.6 Å². The fraction of sp³-hybridized carbons (Fsp3) is 0.696. The summed E-state index contributed by atoms with van der Waals surface area (Å²) in [6.07, 6.45) is 6.90. The van der Waals surface area contributed by atoms with Crippen molar-refractivity contribution in [3.05, 3.63) is 23.8 Å². The predicted octanol–water partition coefficient (Wildman–Crippen LogP) is 4.17. The number of rotatable bonds is 9. The van der Waals surface area contributed by atoms with E-state index in [1.165, 1.54) is 19.3 Å². The van der Waals surface area contributed by atoms with Gasteiger partial charge in [0.15, 0.2) is 6.10 Å². The van der Waals surface area contributed by atoms with Crippen molar-refractivity contribution in [1.29, 1.82) is 0 Å². The average Bonchev–Trinajstić information content (AvgIpc) is 2.68. The molecule has 0 saturated carbocycles. The van der Waals surface area contributed by atoms with Gasteiger partial charge in [-0.15, -0.1) is 0 Å². The third-order valence-corrected chi connectivity index (χ3v) is 5.99. The molecule has 0 aliphatic carbocycles. The molecule has 1 fully saturated rings. The molecule has 6 nitrogen and oxygen atoms in total. The molecule has 1 rings (SSSR count). The first-order chi connectivity index (χ1) is 13.5. The van der Waals surface area contributed by atoms with Gasteiger partial charge < -0.3 is 14.2 Å². The van der Waals surface area contributed by atoms with Crippen LogP contribution in [0.3, 0.4) is 0 Å². The zero-order chi connectivity index (χ0) is 22.2. The third kappa shape index (κ3) is 6.26. The molecule has 164 valence electrons. The van der Waals surface area contributed by atoms with Crippen LogP contribution in [0.5, 0.6) is 0 Å². The molecular formula is C23H36O6. The lowest BCUT2D eigenvalue weighted by molar-refractivity contribution is -0.216. The van der Waals surface area contributed by atoms with Crippen LogP contribution < -0.4 is 0 Å².